The lowest BCUT2D eigenvalue weighted by Gasteiger charge is -2.19. The number of benzene rings is 10. The van der Waals surface area contributed by atoms with Crippen LogP contribution in [0.4, 0.5) is 0 Å². The van der Waals surface area contributed by atoms with Gasteiger partial charge in [0.1, 0.15) is 6.07 Å². The van der Waals surface area contributed by atoms with E-state index in [-0.39, 0.29) is 0 Å². The predicted molar refractivity (Wildman–Crippen MR) is 305 cm³/mol. The third-order valence-corrected chi connectivity index (χ3v) is 14.3. The van der Waals surface area contributed by atoms with Crippen molar-refractivity contribution in [2.75, 3.05) is 0 Å². The van der Waals surface area contributed by atoms with Crippen molar-refractivity contribution in [1.29, 1.82) is 5.26 Å². The zero-order chi connectivity index (χ0) is 50.0. The minimum atomic E-state index is 0.545. The van der Waals surface area contributed by atoms with E-state index in [2.05, 4.69) is 201 Å². The van der Waals surface area contributed by atoms with Gasteiger partial charge in [-0.3, -0.25) is 0 Å². The van der Waals surface area contributed by atoms with Crippen LogP contribution in [0.1, 0.15) is 27.8 Å². The van der Waals surface area contributed by atoms with Crippen LogP contribution < -0.4 is 0 Å². The van der Waals surface area contributed by atoms with Gasteiger partial charge in [0, 0.05) is 49.4 Å². The topological polar surface area (TPSA) is 72.3 Å². The lowest BCUT2D eigenvalue weighted by Crippen LogP contribution is -2.04. The summed E-state index contributed by atoms with van der Waals surface area (Å²) in [5.74, 6) is 1.72. The summed E-state index contributed by atoms with van der Waals surface area (Å²) >= 11 is 0. The quantitative estimate of drug-likeness (QED) is 0.152. The highest BCUT2D eigenvalue weighted by Gasteiger charge is 2.24. The first-order valence-corrected chi connectivity index (χ1v) is 25.1. The maximum absolute atomic E-state index is 11.6. The van der Waals surface area contributed by atoms with Crippen LogP contribution >= 0.6 is 0 Å². The van der Waals surface area contributed by atoms with Gasteiger partial charge >= 0.3 is 0 Å². The fourth-order valence-electron chi connectivity index (χ4n) is 11.2. The molecule has 0 atom stereocenters. The van der Waals surface area contributed by atoms with Crippen molar-refractivity contribution >= 4 is 43.6 Å². The second-order valence-electron chi connectivity index (χ2n) is 19.5. The number of hydrogen-bond donors (Lipinski definition) is 0. The lowest BCUT2D eigenvalue weighted by atomic mass is 9.95. The molecule has 0 aliphatic heterocycles. The lowest BCUT2D eigenvalue weighted by molar-refractivity contribution is 1.07. The van der Waals surface area contributed by atoms with Crippen molar-refractivity contribution in [3.63, 3.8) is 0 Å². The van der Waals surface area contributed by atoms with Crippen LogP contribution in [0.25, 0.3) is 123 Å². The highest BCUT2D eigenvalue weighted by molar-refractivity contribution is 6.12. The first-order chi connectivity index (χ1) is 36.3. The van der Waals surface area contributed by atoms with Crippen molar-refractivity contribution in [3.8, 4) is 85.0 Å². The molecule has 6 nitrogen and oxygen atoms in total. The average Bonchev–Trinajstić information content (AvgIpc) is 3.94. The van der Waals surface area contributed by atoms with E-state index in [1.165, 1.54) is 33.4 Å². The van der Waals surface area contributed by atoms with Crippen LogP contribution in [-0.4, -0.2) is 24.1 Å². The Labute approximate surface area is 429 Å². The number of aryl methyl sites for hydroxylation is 4. The summed E-state index contributed by atoms with van der Waals surface area (Å²) in [6.07, 6.45) is 0. The highest BCUT2D eigenvalue weighted by Crippen LogP contribution is 2.43. The number of nitriles is 1. The summed E-state index contributed by atoms with van der Waals surface area (Å²) in [6, 6.07) is 79.7. The largest absolute Gasteiger partial charge is 0.309 e. The smallest absolute Gasteiger partial charge is 0.164 e. The van der Waals surface area contributed by atoms with Gasteiger partial charge in [-0.15, -0.1) is 0 Å². The molecule has 0 N–H and O–H groups in total. The van der Waals surface area contributed by atoms with Crippen molar-refractivity contribution in [2.24, 2.45) is 0 Å². The van der Waals surface area contributed by atoms with Gasteiger partial charge in [-0.05, 0) is 98.5 Å². The molecular formula is C68H48N6. The van der Waals surface area contributed by atoms with Crippen LogP contribution in [0, 0.1) is 39.0 Å². The number of aromatic nitrogens is 5. The third-order valence-electron chi connectivity index (χ3n) is 14.3. The normalized spacial score (nSPS) is 11.5. The molecule has 10 aromatic carbocycles. The minimum Gasteiger partial charge on any atom is -0.309 e. The molecule has 6 heteroatoms. The Balaban J connectivity index is 1.07. The first kappa shape index (κ1) is 44.3. The maximum atomic E-state index is 11.6. The Hall–Kier alpha value is -9.70. The maximum Gasteiger partial charge on any atom is 0.164 e. The van der Waals surface area contributed by atoms with Crippen LogP contribution in [0.5, 0.6) is 0 Å². The number of rotatable bonds is 8. The summed E-state index contributed by atoms with van der Waals surface area (Å²) < 4.78 is 4.62. The molecular weight excluding hydrogens is 901 g/mol. The van der Waals surface area contributed by atoms with Crippen LogP contribution in [0.2, 0.25) is 0 Å². The van der Waals surface area contributed by atoms with Crippen molar-refractivity contribution in [1.82, 2.24) is 24.1 Å². The van der Waals surface area contributed by atoms with Gasteiger partial charge < -0.3 is 9.13 Å². The number of para-hydroxylation sites is 2. The summed E-state index contributed by atoms with van der Waals surface area (Å²) in [4.78, 5) is 15.4. The van der Waals surface area contributed by atoms with Gasteiger partial charge in [0.15, 0.2) is 17.5 Å². The summed E-state index contributed by atoms with van der Waals surface area (Å²) in [5.41, 5.74) is 20.3. The molecule has 0 bridgehead atoms. The fraction of sp³-hybridized carbons (Fsp3) is 0.0588. The highest BCUT2D eigenvalue weighted by atomic mass is 15.0. The standard InChI is InChI=1S/C68H48N6/c1-42-32-43(2)35-51(34-42)48-27-30-63-57(38-48)54-20-11-13-23-60(54)73(63)62-25-15-22-53(59(62)41-69)56-29-26-50(68-71-66(46-16-7-5-8-17-46)70-67(72-68)47-18-9-6-10-19-47)40-65(56)74-61-24-14-12-21-55(61)58-39-49(28-31-64(58)74)52-36-44(3)33-45(4)37-52/h5-40H,1-4H3. The molecule has 0 saturated carbocycles. The van der Waals surface area contributed by atoms with E-state index in [0.29, 0.717) is 23.0 Å². The Morgan fingerprint density at radius 3 is 1.24 bits per heavy atom. The number of nitrogens with zero attached hydrogens (tertiary/aromatic N) is 6. The van der Waals surface area contributed by atoms with E-state index >= 15 is 0 Å². The molecule has 0 fully saturated rings. The summed E-state index contributed by atoms with van der Waals surface area (Å²) in [7, 11) is 0. The second kappa shape index (κ2) is 17.9. The second-order valence-corrected chi connectivity index (χ2v) is 19.5. The van der Waals surface area contributed by atoms with Crippen LogP contribution in [0.15, 0.2) is 218 Å². The molecule has 3 heterocycles. The monoisotopic (exact) mass is 948 g/mol. The molecule has 0 saturated heterocycles. The number of hydrogen-bond acceptors (Lipinski definition) is 4. The van der Waals surface area contributed by atoms with E-state index in [1.54, 1.807) is 0 Å². The Kier molecular flexibility index (Phi) is 10.7. The molecule has 0 aliphatic rings. The number of fused-ring (bicyclic) bond motifs is 6. The van der Waals surface area contributed by atoms with E-state index < -0.39 is 0 Å². The predicted octanol–water partition coefficient (Wildman–Crippen LogP) is 17.2. The average molecular weight is 949 g/mol. The minimum absolute atomic E-state index is 0.545. The van der Waals surface area contributed by atoms with Gasteiger partial charge in [-0.2, -0.15) is 5.26 Å². The summed E-state index contributed by atoms with van der Waals surface area (Å²) in [5, 5.41) is 16.1. The summed E-state index contributed by atoms with van der Waals surface area (Å²) in [6.45, 7) is 8.61. The van der Waals surface area contributed by atoms with Crippen molar-refractivity contribution < 1.29 is 0 Å². The molecule has 3 aromatic heterocycles. The van der Waals surface area contributed by atoms with E-state index in [9.17, 15) is 5.26 Å². The first-order valence-electron chi connectivity index (χ1n) is 25.1. The van der Waals surface area contributed by atoms with Gasteiger partial charge in [-0.25, -0.2) is 15.0 Å². The molecule has 0 aliphatic carbocycles. The van der Waals surface area contributed by atoms with E-state index in [1.807, 2.05) is 60.7 Å². The van der Waals surface area contributed by atoms with E-state index in [4.69, 9.17) is 15.0 Å². The van der Waals surface area contributed by atoms with Crippen LogP contribution in [-0.2, 0) is 0 Å². The zero-order valence-corrected chi connectivity index (χ0v) is 41.5. The SMILES string of the molecule is Cc1cc(C)cc(-c2ccc3c(c2)c2ccccc2n3-c2cc(-c3nc(-c4ccccc4)nc(-c4ccccc4)n3)ccc2-c2cccc(-n3c4ccccc4c4cc(-c5cc(C)cc(C)c5)ccc43)c2C#N)c1. The molecule has 350 valence electrons. The zero-order valence-electron chi connectivity index (χ0n) is 41.5. The molecule has 13 aromatic rings. The van der Waals surface area contributed by atoms with Gasteiger partial charge in [-0.1, -0.05) is 192 Å². The molecule has 13 rings (SSSR count). The Morgan fingerprint density at radius 1 is 0.311 bits per heavy atom. The van der Waals surface area contributed by atoms with Crippen LogP contribution in [0.3, 0.4) is 0 Å². The Morgan fingerprint density at radius 2 is 0.743 bits per heavy atom. The third kappa shape index (κ3) is 7.62. The Bertz CT molecular complexity index is 4320. The fourth-order valence-corrected chi connectivity index (χ4v) is 11.2. The van der Waals surface area contributed by atoms with Gasteiger partial charge in [0.2, 0.25) is 0 Å². The molecule has 0 amide bonds. The van der Waals surface area contributed by atoms with Crippen molar-refractivity contribution in [3.05, 3.63) is 246 Å². The van der Waals surface area contributed by atoms with Gasteiger partial charge in [0.05, 0.1) is 39.0 Å². The van der Waals surface area contributed by atoms with E-state index in [0.717, 1.165) is 93.9 Å². The van der Waals surface area contributed by atoms with Crippen molar-refractivity contribution in [2.45, 2.75) is 27.7 Å². The molecule has 0 spiro atoms. The van der Waals surface area contributed by atoms with Gasteiger partial charge in [0.25, 0.3) is 0 Å². The molecule has 74 heavy (non-hydrogen) atoms. The molecule has 0 unspecified atom stereocenters. The molecule has 0 radical (unpaired) electrons.